The maximum atomic E-state index is 12.2. The van der Waals surface area contributed by atoms with Crippen LogP contribution in [-0.2, 0) is 0 Å². The van der Waals surface area contributed by atoms with E-state index >= 15 is 0 Å². The molecule has 0 spiro atoms. The summed E-state index contributed by atoms with van der Waals surface area (Å²) in [6, 6.07) is 15.6. The molecule has 0 saturated heterocycles. The monoisotopic (exact) mass is 317 g/mol. The van der Waals surface area contributed by atoms with Crippen LogP contribution in [0.25, 0.3) is 0 Å². The van der Waals surface area contributed by atoms with E-state index in [1.54, 1.807) is 0 Å². The van der Waals surface area contributed by atoms with Gasteiger partial charge in [-0.25, -0.2) is 0 Å². The molecule has 2 aromatic carbocycles. The molecule has 0 bridgehead atoms. The van der Waals surface area contributed by atoms with Crippen LogP contribution in [0.5, 0.6) is 0 Å². The minimum Gasteiger partial charge on any atom is -0.346 e. The Morgan fingerprint density at radius 3 is 2.37 bits per heavy atom. The maximum absolute atomic E-state index is 12.2. The molecular weight excluding hydrogens is 302 g/mol. The van der Waals surface area contributed by atoms with Crippen LogP contribution in [0.15, 0.2) is 53.0 Å². The largest absolute Gasteiger partial charge is 0.346 e. The second-order valence-electron chi connectivity index (χ2n) is 4.56. The van der Waals surface area contributed by atoms with E-state index in [1.807, 2.05) is 62.4 Å². The predicted octanol–water partition coefficient (Wildman–Crippen LogP) is 4.25. The molecule has 1 amide bonds. The van der Waals surface area contributed by atoms with Gasteiger partial charge in [0, 0.05) is 10.0 Å². The highest BCUT2D eigenvalue weighted by Crippen LogP contribution is 2.17. The third kappa shape index (κ3) is 3.44. The summed E-state index contributed by atoms with van der Waals surface area (Å²) in [4.78, 5) is 12.2. The van der Waals surface area contributed by atoms with Gasteiger partial charge in [-0.3, -0.25) is 4.79 Å². The smallest absolute Gasteiger partial charge is 0.252 e. The van der Waals surface area contributed by atoms with Crippen molar-refractivity contribution in [2.24, 2.45) is 0 Å². The Kier molecular flexibility index (Phi) is 4.38. The fourth-order valence-corrected chi connectivity index (χ4v) is 2.20. The zero-order valence-electron chi connectivity index (χ0n) is 11.0. The summed E-state index contributed by atoms with van der Waals surface area (Å²) >= 11 is 3.40. The Bertz CT molecular complexity index is 578. The number of nitrogens with one attached hydrogen (secondary N) is 1. The van der Waals surface area contributed by atoms with E-state index in [-0.39, 0.29) is 11.9 Å². The summed E-state index contributed by atoms with van der Waals surface area (Å²) < 4.78 is 1.04. The minimum atomic E-state index is -0.0338. The molecule has 0 aromatic heterocycles. The lowest BCUT2D eigenvalue weighted by molar-refractivity contribution is 0.0939. The van der Waals surface area contributed by atoms with Gasteiger partial charge in [0.2, 0.25) is 0 Å². The normalized spacial score (nSPS) is 11.9. The fraction of sp³-hybridized carbons (Fsp3) is 0.188. The molecule has 0 fully saturated rings. The van der Waals surface area contributed by atoms with Crippen molar-refractivity contribution in [2.75, 3.05) is 0 Å². The lowest BCUT2D eigenvalue weighted by atomic mass is 10.1. The van der Waals surface area contributed by atoms with Crippen LogP contribution in [0, 0.1) is 6.92 Å². The Morgan fingerprint density at radius 2 is 1.74 bits per heavy atom. The molecule has 0 heterocycles. The van der Waals surface area contributed by atoms with E-state index in [4.69, 9.17) is 0 Å². The van der Waals surface area contributed by atoms with Crippen molar-refractivity contribution in [2.45, 2.75) is 19.9 Å². The lowest BCUT2D eigenvalue weighted by Gasteiger charge is -2.15. The van der Waals surface area contributed by atoms with E-state index in [2.05, 4.69) is 21.2 Å². The zero-order chi connectivity index (χ0) is 13.8. The molecule has 3 heteroatoms. The Morgan fingerprint density at radius 1 is 1.11 bits per heavy atom. The molecule has 19 heavy (non-hydrogen) atoms. The van der Waals surface area contributed by atoms with E-state index < -0.39 is 0 Å². The van der Waals surface area contributed by atoms with Crippen molar-refractivity contribution in [3.05, 3.63) is 69.7 Å². The van der Waals surface area contributed by atoms with Gasteiger partial charge in [-0.05, 0) is 43.2 Å². The second-order valence-corrected chi connectivity index (χ2v) is 5.48. The van der Waals surface area contributed by atoms with Gasteiger partial charge in [0.15, 0.2) is 0 Å². The number of amides is 1. The molecule has 0 aliphatic rings. The number of aryl methyl sites for hydroxylation is 1. The summed E-state index contributed by atoms with van der Waals surface area (Å²) in [5.74, 6) is -0.0338. The number of carbonyl (C=O) groups excluding carboxylic acids is 1. The van der Waals surface area contributed by atoms with Crippen molar-refractivity contribution in [1.29, 1.82) is 0 Å². The van der Waals surface area contributed by atoms with Gasteiger partial charge in [0.05, 0.1) is 6.04 Å². The first-order valence-electron chi connectivity index (χ1n) is 6.20. The van der Waals surface area contributed by atoms with E-state index in [0.29, 0.717) is 0 Å². The maximum Gasteiger partial charge on any atom is 0.252 e. The molecule has 0 aliphatic heterocycles. The highest BCUT2D eigenvalue weighted by Gasteiger charge is 2.12. The Hall–Kier alpha value is -1.61. The third-order valence-corrected chi connectivity index (χ3v) is 3.64. The van der Waals surface area contributed by atoms with Crippen LogP contribution in [0.3, 0.4) is 0 Å². The lowest BCUT2D eigenvalue weighted by Crippen LogP contribution is -2.27. The topological polar surface area (TPSA) is 29.1 Å². The number of hydrogen-bond donors (Lipinski definition) is 1. The number of halogens is 1. The van der Waals surface area contributed by atoms with Crippen LogP contribution in [0.4, 0.5) is 0 Å². The molecule has 98 valence electrons. The standard InChI is InChI=1S/C16H16BrNO/c1-11-5-3-4-6-15(11)16(19)18-12(2)13-7-9-14(17)10-8-13/h3-10,12H,1-2H3,(H,18,19)/t12-/m1/s1. The number of rotatable bonds is 3. The summed E-state index contributed by atoms with van der Waals surface area (Å²) in [5, 5.41) is 3.02. The highest BCUT2D eigenvalue weighted by atomic mass is 79.9. The first-order chi connectivity index (χ1) is 9.08. The van der Waals surface area contributed by atoms with Gasteiger partial charge >= 0.3 is 0 Å². The van der Waals surface area contributed by atoms with Crippen molar-refractivity contribution >= 4 is 21.8 Å². The van der Waals surface area contributed by atoms with Gasteiger partial charge in [0.25, 0.3) is 5.91 Å². The summed E-state index contributed by atoms with van der Waals surface area (Å²) in [6.07, 6.45) is 0. The predicted molar refractivity (Wildman–Crippen MR) is 81.2 cm³/mol. The Labute approximate surface area is 122 Å². The van der Waals surface area contributed by atoms with Crippen molar-refractivity contribution in [3.63, 3.8) is 0 Å². The second kappa shape index (κ2) is 6.02. The zero-order valence-corrected chi connectivity index (χ0v) is 12.6. The molecule has 2 nitrogen and oxygen atoms in total. The Balaban J connectivity index is 2.11. The van der Waals surface area contributed by atoms with Gasteiger partial charge in [-0.15, -0.1) is 0 Å². The molecule has 0 aliphatic carbocycles. The van der Waals surface area contributed by atoms with E-state index in [0.717, 1.165) is 21.2 Å². The summed E-state index contributed by atoms with van der Waals surface area (Å²) in [7, 11) is 0. The highest BCUT2D eigenvalue weighted by molar-refractivity contribution is 9.10. The average molecular weight is 318 g/mol. The third-order valence-electron chi connectivity index (χ3n) is 3.11. The minimum absolute atomic E-state index is 0.0137. The van der Waals surface area contributed by atoms with Crippen LogP contribution in [-0.4, -0.2) is 5.91 Å². The van der Waals surface area contributed by atoms with Crippen molar-refractivity contribution in [1.82, 2.24) is 5.32 Å². The van der Waals surface area contributed by atoms with Crippen molar-refractivity contribution < 1.29 is 4.79 Å². The summed E-state index contributed by atoms with van der Waals surface area (Å²) in [5.41, 5.74) is 2.81. The molecule has 0 saturated carbocycles. The van der Waals surface area contributed by atoms with Gasteiger partial charge in [-0.1, -0.05) is 46.3 Å². The molecular formula is C16H16BrNO. The average Bonchev–Trinajstić information content (AvgIpc) is 2.39. The number of carbonyl (C=O) groups is 1. The van der Waals surface area contributed by atoms with Gasteiger partial charge in [0.1, 0.15) is 0 Å². The SMILES string of the molecule is Cc1ccccc1C(=O)N[C@H](C)c1ccc(Br)cc1. The van der Waals surface area contributed by atoms with Crippen LogP contribution >= 0.6 is 15.9 Å². The van der Waals surface area contributed by atoms with Crippen LogP contribution < -0.4 is 5.32 Å². The molecule has 1 atom stereocenters. The first-order valence-corrected chi connectivity index (χ1v) is 6.99. The van der Waals surface area contributed by atoms with Crippen LogP contribution in [0.1, 0.15) is 34.5 Å². The molecule has 0 radical (unpaired) electrons. The molecule has 1 N–H and O–H groups in total. The summed E-state index contributed by atoms with van der Waals surface area (Å²) in [6.45, 7) is 3.93. The van der Waals surface area contributed by atoms with Crippen molar-refractivity contribution in [3.8, 4) is 0 Å². The van der Waals surface area contributed by atoms with E-state index in [1.165, 1.54) is 0 Å². The number of benzene rings is 2. The first kappa shape index (κ1) is 13.8. The number of hydrogen-bond acceptors (Lipinski definition) is 1. The van der Waals surface area contributed by atoms with Gasteiger partial charge < -0.3 is 5.32 Å². The fourth-order valence-electron chi connectivity index (χ4n) is 1.94. The van der Waals surface area contributed by atoms with E-state index in [9.17, 15) is 4.79 Å². The molecule has 0 unspecified atom stereocenters. The quantitative estimate of drug-likeness (QED) is 0.901. The molecule has 2 aromatic rings. The van der Waals surface area contributed by atoms with Gasteiger partial charge in [-0.2, -0.15) is 0 Å². The molecule has 2 rings (SSSR count). The van der Waals surface area contributed by atoms with Crippen LogP contribution in [0.2, 0.25) is 0 Å².